The van der Waals surface area contributed by atoms with E-state index in [1.807, 2.05) is 0 Å². The van der Waals surface area contributed by atoms with E-state index in [-0.39, 0.29) is 29.7 Å². The molecular formula is C15H12N2O5S2. The number of carbonyl (C=O) groups is 2. The first-order valence-corrected chi connectivity index (χ1v) is 9.22. The molecule has 1 aromatic carbocycles. The van der Waals surface area contributed by atoms with Gasteiger partial charge in [-0.3, -0.25) is 19.3 Å². The monoisotopic (exact) mass is 364 g/mol. The molecule has 0 atom stereocenters. The summed E-state index contributed by atoms with van der Waals surface area (Å²) in [5, 5.41) is 1.75. The van der Waals surface area contributed by atoms with Crippen LogP contribution in [0.1, 0.15) is 15.2 Å². The maximum absolute atomic E-state index is 11.9. The van der Waals surface area contributed by atoms with Gasteiger partial charge in [-0.15, -0.1) is 11.3 Å². The van der Waals surface area contributed by atoms with Crippen molar-refractivity contribution >= 4 is 38.9 Å². The van der Waals surface area contributed by atoms with E-state index >= 15 is 0 Å². The normalized spacial score (nSPS) is 16.4. The lowest BCUT2D eigenvalue weighted by molar-refractivity contribution is -0.140. The number of sulfonamides is 1. The van der Waals surface area contributed by atoms with Gasteiger partial charge in [0.2, 0.25) is 5.78 Å². The molecule has 3 rings (SSSR count). The van der Waals surface area contributed by atoms with E-state index < -0.39 is 16.0 Å². The number of carbonyl (C=O) groups excluding carboxylic acids is 2. The van der Waals surface area contributed by atoms with Gasteiger partial charge in [0.1, 0.15) is 12.4 Å². The van der Waals surface area contributed by atoms with Gasteiger partial charge in [-0.05, 0) is 23.6 Å². The molecule has 1 N–H and O–H groups in total. The third kappa shape index (κ3) is 3.36. The predicted molar refractivity (Wildman–Crippen MR) is 87.8 cm³/mol. The zero-order chi connectivity index (χ0) is 17.2. The van der Waals surface area contributed by atoms with E-state index in [9.17, 15) is 18.0 Å². The highest BCUT2D eigenvalue weighted by Gasteiger charge is 2.30. The molecule has 1 aliphatic heterocycles. The fraction of sp³-hybridized carbons (Fsp3) is 0.133. The number of thiophene rings is 1. The van der Waals surface area contributed by atoms with Crippen LogP contribution in [0.4, 0.5) is 0 Å². The fourth-order valence-electron chi connectivity index (χ4n) is 2.09. The Kier molecular flexibility index (Phi) is 4.45. The minimum absolute atomic E-state index is 0.0899. The van der Waals surface area contributed by atoms with Gasteiger partial charge in [0.05, 0.1) is 9.77 Å². The van der Waals surface area contributed by atoms with Gasteiger partial charge in [0.15, 0.2) is 6.61 Å². The SMILES string of the molecule is O=C(CN=C1NS(=O)(=O)c2ccccc21)OCC(=O)c1cccs1. The van der Waals surface area contributed by atoms with Crippen molar-refractivity contribution in [3.63, 3.8) is 0 Å². The number of aliphatic imine (C=N–C) groups is 1. The highest BCUT2D eigenvalue weighted by Crippen LogP contribution is 2.22. The van der Waals surface area contributed by atoms with E-state index in [0.717, 1.165) is 0 Å². The van der Waals surface area contributed by atoms with Crippen molar-refractivity contribution in [3.8, 4) is 0 Å². The highest BCUT2D eigenvalue weighted by atomic mass is 32.2. The molecule has 0 fully saturated rings. The van der Waals surface area contributed by atoms with Gasteiger partial charge < -0.3 is 4.74 Å². The molecule has 0 bridgehead atoms. The third-order valence-corrected chi connectivity index (χ3v) is 5.50. The largest absolute Gasteiger partial charge is 0.456 e. The minimum Gasteiger partial charge on any atom is -0.456 e. The van der Waals surface area contributed by atoms with Crippen LogP contribution in [0.5, 0.6) is 0 Å². The number of fused-ring (bicyclic) bond motifs is 1. The molecule has 2 aromatic rings. The molecule has 0 unspecified atom stereocenters. The quantitative estimate of drug-likeness (QED) is 0.635. The Morgan fingerprint density at radius 2 is 1.96 bits per heavy atom. The smallest absolute Gasteiger partial charge is 0.328 e. The summed E-state index contributed by atoms with van der Waals surface area (Å²) >= 11 is 1.26. The van der Waals surface area contributed by atoms with E-state index in [1.54, 1.807) is 35.7 Å². The van der Waals surface area contributed by atoms with Crippen LogP contribution >= 0.6 is 11.3 Å². The van der Waals surface area contributed by atoms with Gasteiger partial charge in [-0.25, -0.2) is 8.42 Å². The van der Waals surface area contributed by atoms with Crippen LogP contribution in [-0.2, 0) is 19.6 Å². The molecule has 0 radical (unpaired) electrons. The molecule has 0 saturated carbocycles. The third-order valence-electron chi connectivity index (χ3n) is 3.19. The molecule has 7 nitrogen and oxygen atoms in total. The molecule has 0 amide bonds. The second kappa shape index (κ2) is 6.54. The Labute approximate surface area is 142 Å². The summed E-state index contributed by atoms with van der Waals surface area (Å²) in [4.78, 5) is 28.0. The summed E-state index contributed by atoms with van der Waals surface area (Å²) in [7, 11) is -3.64. The summed E-state index contributed by atoms with van der Waals surface area (Å²) < 4.78 is 31.0. The number of hydrogen-bond acceptors (Lipinski definition) is 7. The number of rotatable bonds is 5. The first-order valence-electron chi connectivity index (χ1n) is 6.86. The molecule has 9 heteroatoms. The van der Waals surface area contributed by atoms with Crippen LogP contribution < -0.4 is 4.72 Å². The van der Waals surface area contributed by atoms with Crippen molar-refractivity contribution in [2.24, 2.45) is 4.99 Å². The topological polar surface area (TPSA) is 102 Å². The molecule has 0 aliphatic carbocycles. The number of nitrogens with one attached hydrogen (secondary N) is 1. The Morgan fingerprint density at radius 3 is 2.71 bits per heavy atom. The summed E-state index contributed by atoms with van der Waals surface area (Å²) in [5.41, 5.74) is 0.403. The van der Waals surface area contributed by atoms with E-state index in [4.69, 9.17) is 4.74 Å². The number of ketones is 1. The van der Waals surface area contributed by atoms with E-state index in [0.29, 0.717) is 10.4 Å². The number of amidine groups is 1. The summed E-state index contributed by atoms with van der Waals surface area (Å²) in [6, 6.07) is 9.70. The molecule has 2 heterocycles. The van der Waals surface area contributed by atoms with Gasteiger partial charge in [-0.2, -0.15) is 0 Å². The summed E-state index contributed by atoms with van der Waals surface area (Å²) in [6.45, 7) is -0.754. The molecule has 1 aromatic heterocycles. The summed E-state index contributed by atoms with van der Waals surface area (Å²) in [6.07, 6.45) is 0. The molecule has 124 valence electrons. The molecule has 0 saturated heterocycles. The zero-order valence-electron chi connectivity index (χ0n) is 12.3. The van der Waals surface area contributed by atoms with E-state index in [1.165, 1.54) is 17.4 Å². The highest BCUT2D eigenvalue weighted by molar-refractivity contribution is 7.90. The predicted octanol–water partition coefficient (Wildman–Crippen LogP) is 1.21. The van der Waals surface area contributed by atoms with Crippen LogP contribution in [0.2, 0.25) is 0 Å². The number of benzene rings is 1. The Bertz CT molecular complexity index is 917. The first-order chi connectivity index (χ1) is 11.5. The Morgan fingerprint density at radius 1 is 1.17 bits per heavy atom. The lowest BCUT2D eigenvalue weighted by Gasteiger charge is -2.02. The zero-order valence-corrected chi connectivity index (χ0v) is 13.9. The van der Waals surface area contributed by atoms with Crippen molar-refractivity contribution in [2.45, 2.75) is 4.90 Å². The number of Topliss-reactive ketones (excluding diaryl/α,β-unsaturated/α-hetero) is 1. The Hall–Kier alpha value is -2.52. The van der Waals surface area contributed by atoms with Gasteiger partial charge in [0.25, 0.3) is 10.0 Å². The number of ether oxygens (including phenoxy) is 1. The van der Waals surface area contributed by atoms with Crippen molar-refractivity contribution < 1.29 is 22.7 Å². The van der Waals surface area contributed by atoms with Crippen LogP contribution in [-0.4, -0.2) is 39.2 Å². The van der Waals surface area contributed by atoms with Gasteiger partial charge in [0, 0.05) is 5.56 Å². The van der Waals surface area contributed by atoms with Crippen LogP contribution in [0.3, 0.4) is 0 Å². The number of hydrogen-bond donors (Lipinski definition) is 1. The maximum Gasteiger partial charge on any atom is 0.328 e. The second-order valence-electron chi connectivity index (χ2n) is 4.83. The lowest BCUT2D eigenvalue weighted by atomic mass is 10.2. The van der Waals surface area contributed by atoms with Crippen LogP contribution in [0.15, 0.2) is 51.7 Å². The van der Waals surface area contributed by atoms with Gasteiger partial charge in [-0.1, -0.05) is 18.2 Å². The minimum atomic E-state index is -3.64. The number of nitrogens with zero attached hydrogens (tertiary/aromatic N) is 1. The second-order valence-corrected chi connectivity index (χ2v) is 7.43. The van der Waals surface area contributed by atoms with Gasteiger partial charge >= 0.3 is 5.97 Å². The molecular weight excluding hydrogens is 352 g/mol. The average molecular weight is 364 g/mol. The standard InChI is InChI=1S/C15H12N2O5S2/c18-11(12-5-3-7-23-12)9-22-14(19)8-16-15-10-4-1-2-6-13(10)24(20,21)17-15/h1-7H,8-9H2,(H,16,17). The molecule has 0 spiro atoms. The van der Waals surface area contributed by atoms with Crippen LogP contribution in [0.25, 0.3) is 0 Å². The maximum atomic E-state index is 11.9. The van der Waals surface area contributed by atoms with Crippen LogP contribution in [0, 0.1) is 0 Å². The van der Waals surface area contributed by atoms with Crippen molar-refractivity contribution in [1.82, 2.24) is 4.72 Å². The summed E-state index contributed by atoms with van der Waals surface area (Å²) in [5.74, 6) is -0.916. The lowest BCUT2D eigenvalue weighted by Crippen LogP contribution is -2.24. The van der Waals surface area contributed by atoms with Crippen molar-refractivity contribution in [3.05, 3.63) is 52.2 Å². The molecule has 1 aliphatic rings. The first kappa shape index (κ1) is 16.3. The average Bonchev–Trinajstić information content (AvgIpc) is 3.18. The number of esters is 1. The fourth-order valence-corrected chi connectivity index (χ4v) is 4.00. The van der Waals surface area contributed by atoms with Crippen molar-refractivity contribution in [2.75, 3.05) is 13.2 Å². The van der Waals surface area contributed by atoms with Crippen molar-refractivity contribution in [1.29, 1.82) is 0 Å². The van der Waals surface area contributed by atoms with E-state index in [2.05, 4.69) is 9.71 Å². The Balaban J connectivity index is 1.62. The molecule has 24 heavy (non-hydrogen) atoms.